The highest BCUT2D eigenvalue weighted by atomic mass is 79.9. The molecule has 0 aliphatic carbocycles. The second kappa shape index (κ2) is 6.47. The SMILES string of the molecule is CN(Cc1cc(Br)cs1)Cc1cccc(C(=N)N)c1F. The molecular formula is C14H15BrFN3S. The predicted molar refractivity (Wildman–Crippen MR) is 84.6 cm³/mol. The van der Waals surface area contributed by atoms with Gasteiger partial charge in [-0.25, -0.2) is 4.39 Å². The summed E-state index contributed by atoms with van der Waals surface area (Å²) in [5.41, 5.74) is 6.08. The van der Waals surface area contributed by atoms with Gasteiger partial charge in [-0.05, 0) is 35.1 Å². The zero-order valence-electron chi connectivity index (χ0n) is 11.0. The lowest BCUT2D eigenvalue weighted by molar-refractivity contribution is 0.316. The fourth-order valence-corrected chi connectivity index (χ4v) is 3.49. The van der Waals surface area contributed by atoms with Crippen molar-refractivity contribution in [2.24, 2.45) is 5.73 Å². The number of hydrogen-bond donors (Lipinski definition) is 2. The Morgan fingerprint density at radius 3 is 2.80 bits per heavy atom. The Balaban J connectivity index is 2.09. The molecule has 6 heteroatoms. The van der Waals surface area contributed by atoms with E-state index < -0.39 is 5.82 Å². The molecule has 0 aliphatic rings. The number of hydrogen-bond acceptors (Lipinski definition) is 3. The van der Waals surface area contributed by atoms with Gasteiger partial charge in [-0.1, -0.05) is 12.1 Å². The van der Waals surface area contributed by atoms with Crippen molar-refractivity contribution in [1.29, 1.82) is 5.41 Å². The Hall–Kier alpha value is -1.24. The molecule has 0 radical (unpaired) electrons. The molecule has 0 fully saturated rings. The Labute approximate surface area is 129 Å². The van der Waals surface area contributed by atoms with Gasteiger partial charge < -0.3 is 5.73 Å². The van der Waals surface area contributed by atoms with E-state index in [0.717, 1.165) is 11.0 Å². The van der Waals surface area contributed by atoms with Crippen LogP contribution in [0.15, 0.2) is 34.1 Å². The summed E-state index contributed by atoms with van der Waals surface area (Å²) in [5.74, 6) is -0.645. The largest absolute Gasteiger partial charge is 0.384 e. The van der Waals surface area contributed by atoms with E-state index in [9.17, 15) is 4.39 Å². The van der Waals surface area contributed by atoms with E-state index in [1.54, 1.807) is 23.5 Å². The maximum Gasteiger partial charge on any atom is 0.138 e. The van der Waals surface area contributed by atoms with Gasteiger partial charge in [0.15, 0.2) is 0 Å². The standard InChI is InChI=1S/C14H15BrFN3S/c1-19(7-11-5-10(15)8-20-11)6-9-3-2-4-12(13(9)16)14(17)18/h2-5,8H,6-7H2,1H3,(H3,17,18). The minimum absolute atomic E-state index is 0.162. The third kappa shape index (κ3) is 3.65. The molecule has 0 bridgehead atoms. The van der Waals surface area contributed by atoms with Gasteiger partial charge in [0.2, 0.25) is 0 Å². The maximum atomic E-state index is 14.2. The molecule has 1 aromatic carbocycles. The van der Waals surface area contributed by atoms with Gasteiger partial charge in [-0.15, -0.1) is 11.3 Å². The summed E-state index contributed by atoms with van der Waals surface area (Å²) in [5, 5.41) is 9.39. The monoisotopic (exact) mass is 355 g/mol. The van der Waals surface area contributed by atoms with Gasteiger partial charge in [0.25, 0.3) is 0 Å². The number of thiophene rings is 1. The predicted octanol–water partition coefficient (Wildman–Crippen LogP) is 3.57. The number of rotatable bonds is 5. The topological polar surface area (TPSA) is 53.1 Å². The van der Waals surface area contributed by atoms with Gasteiger partial charge in [0, 0.05) is 33.4 Å². The van der Waals surface area contributed by atoms with Gasteiger partial charge in [-0.3, -0.25) is 10.3 Å². The first-order valence-electron chi connectivity index (χ1n) is 6.00. The minimum Gasteiger partial charge on any atom is -0.384 e. The molecule has 0 spiro atoms. The summed E-state index contributed by atoms with van der Waals surface area (Å²) >= 11 is 5.08. The third-order valence-electron chi connectivity index (χ3n) is 2.86. The molecule has 0 atom stereocenters. The minimum atomic E-state index is -0.404. The number of benzene rings is 1. The van der Waals surface area contributed by atoms with E-state index in [-0.39, 0.29) is 11.4 Å². The highest BCUT2D eigenvalue weighted by Crippen LogP contribution is 2.22. The molecule has 3 N–H and O–H groups in total. The van der Waals surface area contributed by atoms with Gasteiger partial charge >= 0.3 is 0 Å². The van der Waals surface area contributed by atoms with Crippen LogP contribution in [-0.2, 0) is 13.1 Å². The maximum absolute atomic E-state index is 14.2. The number of nitrogen functional groups attached to an aromatic ring is 1. The molecule has 3 nitrogen and oxygen atoms in total. The molecule has 1 aromatic heterocycles. The molecular weight excluding hydrogens is 341 g/mol. The number of nitrogens with two attached hydrogens (primary N) is 1. The number of nitrogens with zero attached hydrogens (tertiary/aromatic N) is 1. The van der Waals surface area contributed by atoms with Crippen molar-refractivity contribution in [3.63, 3.8) is 0 Å². The van der Waals surface area contributed by atoms with Crippen LogP contribution in [0.1, 0.15) is 16.0 Å². The Bertz CT molecular complexity index is 627. The quantitative estimate of drug-likeness (QED) is 0.636. The van der Waals surface area contributed by atoms with Crippen molar-refractivity contribution in [2.45, 2.75) is 13.1 Å². The third-order valence-corrected chi connectivity index (χ3v) is 4.54. The second-order valence-electron chi connectivity index (χ2n) is 4.60. The molecule has 0 aliphatic heterocycles. The average Bonchev–Trinajstić information content (AvgIpc) is 2.77. The molecule has 106 valence electrons. The highest BCUT2D eigenvalue weighted by Gasteiger charge is 2.12. The molecule has 20 heavy (non-hydrogen) atoms. The lowest BCUT2D eigenvalue weighted by atomic mass is 10.1. The summed E-state index contributed by atoms with van der Waals surface area (Å²) in [6.07, 6.45) is 0. The number of halogens is 2. The normalized spacial score (nSPS) is 11.0. The summed E-state index contributed by atoms with van der Waals surface area (Å²) in [4.78, 5) is 3.24. The zero-order valence-corrected chi connectivity index (χ0v) is 13.4. The van der Waals surface area contributed by atoms with E-state index >= 15 is 0 Å². The Kier molecular flexibility index (Phi) is 4.91. The summed E-state index contributed by atoms with van der Waals surface area (Å²) in [6.45, 7) is 1.22. The van der Waals surface area contributed by atoms with Crippen molar-refractivity contribution < 1.29 is 4.39 Å². The van der Waals surface area contributed by atoms with Crippen LogP contribution in [0.25, 0.3) is 0 Å². The van der Waals surface area contributed by atoms with Gasteiger partial charge in [0.05, 0.1) is 5.56 Å². The molecule has 0 amide bonds. The van der Waals surface area contributed by atoms with Crippen molar-refractivity contribution in [3.05, 3.63) is 55.9 Å². The first-order valence-corrected chi connectivity index (χ1v) is 7.68. The molecule has 0 saturated heterocycles. The van der Waals surface area contributed by atoms with Crippen LogP contribution in [0.2, 0.25) is 0 Å². The molecule has 2 aromatic rings. The van der Waals surface area contributed by atoms with Crippen molar-refractivity contribution in [2.75, 3.05) is 7.05 Å². The second-order valence-corrected chi connectivity index (χ2v) is 6.51. The summed E-state index contributed by atoms with van der Waals surface area (Å²) in [7, 11) is 1.94. The van der Waals surface area contributed by atoms with Crippen LogP contribution >= 0.6 is 27.3 Å². The van der Waals surface area contributed by atoms with E-state index in [1.165, 1.54) is 10.9 Å². The first kappa shape index (κ1) is 15.2. The molecule has 1 heterocycles. The Morgan fingerprint density at radius 2 is 2.20 bits per heavy atom. The van der Waals surface area contributed by atoms with Crippen molar-refractivity contribution in [3.8, 4) is 0 Å². The Morgan fingerprint density at radius 1 is 1.45 bits per heavy atom. The fraction of sp³-hybridized carbons (Fsp3) is 0.214. The van der Waals surface area contributed by atoms with Crippen molar-refractivity contribution in [1.82, 2.24) is 4.90 Å². The van der Waals surface area contributed by atoms with E-state index in [4.69, 9.17) is 11.1 Å². The van der Waals surface area contributed by atoms with Crippen LogP contribution in [0.3, 0.4) is 0 Å². The molecule has 2 rings (SSSR count). The van der Waals surface area contributed by atoms with Crippen LogP contribution in [-0.4, -0.2) is 17.8 Å². The molecule has 0 saturated carbocycles. The fourth-order valence-electron chi connectivity index (χ4n) is 1.96. The summed E-state index contributed by atoms with van der Waals surface area (Å²) in [6, 6.07) is 7.04. The number of nitrogens with one attached hydrogen (secondary N) is 1. The zero-order chi connectivity index (χ0) is 14.7. The molecule has 0 unspecified atom stereocenters. The van der Waals surface area contributed by atoms with E-state index in [2.05, 4.69) is 22.0 Å². The first-order chi connectivity index (χ1) is 9.47. The van der Waals surface area contributed by atoms with E-state index in [0.29, 0.717) is 12.1 Å². The smallest absolute Gasteiger partial charge is 0.138 e. The van der Waals surface area contributed by atoms with Crippen LogP contribution in [0.5, 0.6) is 0 Å². The van der Waals surface area contributed by atoms with Crippen LogP contribution < -0.4 is 5.73 Å². The average molecular weight is 356 g/mol. The lowest BCUT2D eigenvalue weighted by Gasteiger charge is -2.17. The van der Waals surface area contributed by atoms with E-state index in [1.807, 2.05) is 17.3 Å². The van der Waals surface area contributed by atoms with Crippen molar-refractivity contribution >= 4 is 33.1 Å². The van der Waals surface area contributed by atoms with Crippen LogP contribution in [0, 0.1) is 11.2 Å². The summed E-state index contributed by atoms with van der Waals surface area (Å²) < 4.78 is 15.2. The van der Waals surface area contributed by atoms with Gasteiger partial charge in [0.1, 0.15) is 11.7 Å². The lowest BCUT2D eigenvalue weighted by Crippen LogP contribution is -2.19. The highest BCUT2D eigenvalue weighted by molar-refractivity contribution is 9.10. The van der Waals surface area contributed by atoms with Crippen LogP contribution in [0.4, 0.5) is 4.39 Å². The number of amidine groups is 1. The van der Waals surface area contributed by atoms with Gasteiger partial charge in [-0.2, -0.15) is 0 Å².